The van der Waals surface area contributed by atoms with E-state index in [1.807, 2.05) is 60.0 Å². The minimum absolute atomic E-state index is 0.190. The summed E-state index contributed by atoms with van der Waals surface area (Å²) in [4.78, 5) is 29.5. The van der Waals surface area contributed by atoms with Gasteiger partial charge in [-0.05, 0) is 34.2 Å². The summed E-state index contributed by atoms with van der Waals surface area (Å²) in [7, 11) is 0. The van der Waals surface area contributed by atoms with Crippen molar-refractivity contribution in [1.29, 1.82) is 0 Å². The van der Waals surface area contributed by atoms with E-state index in [9.17, 15) is 9.59 Å². The van der Waals surface area contributed by atoms with Crippen LogP contribution in [-0.2, 0) is 22.4 Å². The third-order valence-electron chi connectivity index (χ3n) is 4.58. The van der Waals surface area contributed by atoms with Crippen LogP contribution in [0.1, 0.15) is 24.3 Å². The third-order valence-corrected chi connectivity index (χ3v) is 5.44. The first-order valence-corrected chi connectivity index (χ1v) is 10.5. The lowest BCUT2D eigenvalue weighted by Gasteiger charge is -2.09. The van der Waals surface area contributed by atoms with Gasteiger partial charge in [0.05, 0.1) is 11.3 Å². The topological polar surface area (TPSA) is 97.1 Å². The third kappa shape index (κ3) is 4.90. The summed E-state index contributed by atoms with van der Waals surface area (Å²) in [5, 5.41) is 8.00. The Balaban J connectivity index is 1.20. The fourth-order valence-electron chi connectivity index (χ4n) is 3.13. The van der Waals surface area contributed by atoms with E-state index in [2.05, 4.69) is 21.0 Å². The molecule has 0 aliphatic carbocycles. The molecule has 152 valence electrons. The van der Waals surface area contributed by atoms with Crippen molar-refractivity contribution in [1.82, 2.24) is 21.0 Å². The molecule has 0 atom stereocenters. The van der Waals surface area contributed by atoms with Gasteiger partial charge in [0.15, 0.2) is 0 Å². The van der Waals surface area contributed by atoms with E-state index in [1.165, 1.54) is 11.3 Å². The van der Waals surface area contributed by atoms with Crippen molar-refractivity contribution in [2.75, 3.05) is 0 Å². The van der Waals surface area contributed by atoms with E-state index >= 15 is 0 Å². The predicted molar refractivity (Wildman–Crippen MR) is 114 cm³/mol. The zero-order chi connectivity index (χ0) is 20.8. The molecule has 2 aromatic heterocycles. The number of aromatic nitrogens is 2. The van der Waals surface area contributed by atoms with E-state index in [0.717, 1.165) is 21.2 Å². The second-order valence-corrected chi connectivity index (χ2v) is 7.70. The molecular weight excluding hydrogens is 400 g/mol. The maximum absolute atomic E-state index is 12.2. The molecule has 2 heterocycles. The Labute approximate surface area is 177 Å². The maximum Gasteiger partial charge on any atom is 0.242 e. The number of hydrazine groups is 1. The van der Waals surface area contributed by atoms with Crippen molar-refractivity contribution >= 4 is 33.9 Å². The number of carbonyl (C=O) groups excluding carboxylic acids is 2. The van der Waals surface area contributed by atoms with Crippen LogP contribution in [-0.4, -0.2) is 22.0 Å². The van der Waals surface area contributed by atoms with Gasteiger partial charge >= 0.3 is 0 Å². The highest BCUT2D eigenvalue weighted by molar-refractivity contribution is 7.13. The van der Waals surface area contributed by atoms with Gasteiger partial charge in [-0.15, -0.1) is 11.3 Å². The lowest BCUT2D eigenvalue weighted by molar-refractivity contribution is -0.128. The van der Waals surface area contributed by atoms with Crippen LogP contribution in [0.3, 0.4) is 0 Å². The summed E-state index contributed by atoms with van der Waals surface area (Å²) in [5.74, 6) is 0.521. The summed E-state index contributed by atoms with van der Waals surface area (Å²) < 4.78 is 5.21. The molecule has 0 spiro atoms. The largest absolute Gasteiger partial charge is 0.339 e. The second kappa shape index (κ2) is 9.32. The normalized spacial score (nSPS) is 10.8. The molecule has 0 bridgehead atoms. The first-order valence-electron chi connectivity index (χ1n) is 9.60. The minimum atomic E-state index is -0.266. The van der Waals surface area contributed by atoms with Crippen molar-refractivity contribution in [2.45, 2.75) is 25.7 Å². The number of nitrogens with one attached hydrogen (secondary N) is 2. The summed E-state index contributed by atoms with van der Waals surface area (Å²) in [6.07, 6.45) is 1.47. The van der Waals surface area contributed by atoms with Gasteiger partial charge in [-0.2, -0.15) is 4.98 Å². The number of nitrogens with zero attached hydrogens (tertiary/aromatic N) is 2. The number of hydrogen-bond donors (Lipinski definition) is 2. The molecule has 2 N–H and O–H groups in total. The maximum atomic E-state index is 12.2. The Morgan fingerprint density at radius 1 is 0.967 bits per heavy atom. The van der Waals surface area contributed by atoms with E-state index in [1.54, 1.807) is 0 Å². The van der Waals surface area contributed by atoms with Gasteiger partial charge in [-0.25, -0.2) is 0 Å². The van der Waals surface area contributed by atoms with Gasteiger partial charge in [0.2, 0.25) is 23.5 Å². The average Bonchev–Trinajstić information content (AvgIpc) is 3.45. The standard InChI is InChI=1S/C22H20N4O3S/c27-19(11-4-12-21-23-22(26-29-21)18-10-5-13-30-18)24-25-20(28)14-16-8-3-7-15-6-1-2-9-17(15)16/h1-3,5-10,13H,4,11-12,14H2,(H,24,27)(H,25,28). The van der Waals surface area contributed by atoms with E-state index in [-0.39, 0.29) is 24.7 Å². The lowest BCUT2D eigenvalue weighted by atomic mass is 10.0. The van der Waals surface area contributed by atoms with Crippen molar-refractivity contribution in [3.8, 4) is 10.7 Å². The highest BCUT2D eigenvalue weighted by Crippen LogP contribution is 2.21. The summed E-state index contributed by atoms with van der Waals surface area (Å²) >= 11 is 1.54. The molecule has 0 aliphatic heterocycles. The SMILES string of the molecule is O=C(CCCc1nc(-c2cccs2)no1)NNC(=O)Cc1cccc2ccccc12. The Morgan fingerprint density at radius 2 is 1.80 bits per heavy atom. The highest BCUT2D eigenvalue weighted by Gasteiger charge is 2.11. The molecule has 8 heteroatoms. The van der Waals surface area contributed by atoms with Crippen LogP contribution in [0, 0.1) is 0 Å². The number of rotatable bonds is 7. The number of fused-ring (bicyclic) bond motifs is 1. The quantitative estimate of drug-likeness (QED) is 0.445. The van der Waals surface area contributed by atoms with Crippen LogP contribution in [0.25, 0.3) is 21.5 Å². The zero-order valence-electron chi connectivity index (χ0n) is 16.1. The van der Waals surface area contributed by atoms with Gasteiger partial charge in [-0.1, -0.05) is 53.7 Å². The molecule has 0 radical (unpaired) electrons. The summed E-state index contributed by atoms with van der Waals surface area (Å²) in [6.45, 7) is 0. The average molecular weight is 420 g/mol. The molecule has 0 saturated heterocycles. The van der Waals surface area contributed by atoms with Gasteiger partial charge in [-0.3, -0.25) is 20.4 Å². The first kappa shape index (κ1) is 19.8. The fraction of sp³-hybridized carbons (Fsp3) is 0.182. The Bertz CT molecular complexity index is 1150. The van der Waals surface area contributed by atoms with Gasteiger partial charge in [0.1, 0.15) is 0 Å². The molecule has 7 nitrogen and oxygen atoms in total. The van der Waals surface area contributed by atoms with E-state index in [4.69, 9.17) is 4.52 Å². The molecular formula is C22H20N4O3S. The van der Waals surface area contributed by atoms with E-state index in [0.29, 0.717) is 24.6 Å². The first-order chi connectivity index (χ1) is 14.7. The molecule has 0 saturated carbocycles. The monoisotopic (exact) mass is 420 g/mol. The van der Waals surface area contributed by atoms with Crippen LogP contribution in [0.2, 0.25) is 0 Å². The number of thiophene rings is 1. The zero-order valence-corrected chi connectivity index (χ0v) is 16.9. The highest BCUT2D eigenvalue weighted by atomic mass is 32.1. The van der Waals surface area contributed by atoms with Gasteiger partial charge in [0.25, 0.3) is 0 Å². The number of carbonyl (C=O) groups is 2. The molecule has 2 amide bonds. The number of amides is 2. The fourth-order valence-corrected chi connectivity index (χ4v) is 3.78. The molecule has 0 aliphatic rings. The summed E-state index contributed by atoms with van der Waals surface area (Å²) in [6, 6.07) is 17.6. The Hall–Kier alpha value is -3.52. The van der Waals surface area contributed by atoms with Crippen LogP contribution < -0.4 is 10.9 Å². The molecule has 0 unspecified atom stereocenters. The van der Waals surface area contributed by atoms with E-state index < -0.39 is 0 Å². The minimum Gasteiger partial charge on any atom is -0.339 e. The van der Waals surface area contributed by atoms with Crippen LogP contribution in [0.15, 0.2) is 64.5 Å². The van der Waals surface area contributed by atoms with Crippen molar-refractivity contribution in [3.05, 3.63) is 71.4 Å². The van der Waals surface area contributed by atoms with Gasteiger partial charge in [0, 0.05) is 12.8 Å². The van der Waals surface area contributed by atoms with Crippen LogP contribution in [0.5, 0.6) is 0 Å². The lowest BCUT2D eigenvalue weighted by Crippen LogP contribution is -2.42. The molecule has 4 aromatic rings. The van der Waals surface area contributed by atoms with Gasteiger partial charge < -0.3 is 4.52 Å². The number of hydrogen-bond acceptors (Lipinski definition) is 6. The molecule has 2 aromatic carbocycles. The molecule has 0 fully saturated rings. The van der Waals surface area contributed by atoms with Crippen LogP contribution >= 0.6 is 11.3 Å². The smallest absolute Gasteiger partial charge is 0.242 e. The van der Waals surface area contributed by atoms with Crippen molar-refractivity contribution in [2.24, 2.45) is 0 Å². The Kier molecular flexibility index (Phi) is 6.14. The van der Waals surface area contributed by atoms with Crippen molar-refractivity contribution < 1.29 is 14.1 Å². The summed E-state index contributed by atoms with van der Waals surface area (Å²) in [5.41, 5.74) is 5.85. The molecule has 4 rings (SSSR count). The van der Waals surface area contributed by atoms with Crippen molar-refractivity contribution in [3.63, 3.8) is 0 Å². The van der Waals surface area contributed by atoms with Crippen LogP contribution in [0.4, 0.5) is 0 Å². The Morgan fingerprint density at radius 3 is 2.67 bits per heavy atom. The molecule has 30 heavy (non-hydrogen) atoms. The number of benzene rings is 2. The second-order valence-electron chi connectivity index (χ2n) is 6.75. The predicted octanol–water partition coefficient (Wildman–Crippen LogP) is 3.66. The number of aryl methyl sites for hydroxylation is 1.